The topological polar surface area (TPSA) is 75.4 Å². The van der Waals surface area contributed by atoms with Gasteiger partial charge in [-0.15, -0.1) is 0 Å². The van der Waals surface area contributed by atoms with Crippen molar-refractivity contribution in [3.05, 3.63) is 0 Å². The molecular weight excluding hydrogens is 228 g/mol. The summed E-state index contributed by atoms with van der Waals surface area (Å²) in [5.74, 6) is 0.707. The van der Waals surface area contributed by atoms with Gasteiger partial charge in [-0.05, 0) is 50.9 Å². The summed E-state index contributed by atoms with van der Waals surface area (Å²) >= 11 is 0. The second-order valence-electron chi connectivity index (χ2n) is 6.17. The standard InChI is InChI=1S/C14H26N2O2/c1-9-2-3-10(15)8-13(9)14(18)16-11-4-6-12(17)7-5-11/h9-13,17H,2-8,15H2,1H3,(H,16,18). The third-order valence-corrected chi connectivity index (χ3v) is 4.62. The molecule has 0 aromatic heterocycles. The number of aliphatic hydroxyl groups is 1. The van der Waals surface area contributed by atoms with Gasteiger partial charge >= 0.3 is 0 Å². The van der Waals surface area contributed by atoms with E-state index in [1.54, 1.807) is 0 Å². The van der Waals surface area contributed by atoms with Gasteiger partial charge in [0.15, 0.2) is 0 Å². The molecule has 2 saturated carbocycles. The van der Waals surface area contributed by atoms with Crippen LogP contribution in [0, 0.1) is 11.8 Å². The third-order valence-electron chi connectivity index (χ3n) is 4.62. The third kappa shape index (κ3) is 3.45. The van der Waals surface area contributed by atoms with Crippen molar-refractivity contribution < 1.29 is 9.90 Å². The molecule has 2 aliphatic carbocycles. The largest absolute Gasteiger partial charge is 0.393 e. The van der Waals surface area contributed by atoms with E-state index in [1.165, 1.54) is 0 Å². The van der Waals surface area contributed by atoms with Gasteiger partial charge in [0, 0.05) is 18.0 Å². The average molecular weight is 254 g/mol. The minimum Gasteiger partial charge on any atom is -0.393 e. The molecule has 18 heavy (non-hydrogen) atoms. The van der Waals surface area contributed by atoms with Crippen LogP contribution in [0.2, 0.25) is 0 Å². The Morgan fingerprint density at radius 3 is 2.50 bits per heavy atom. The Balaban J connectivity index is 1.83. The van der Waals surface area contributed by atoms with Gasteiger partial charge in [0.2, 0.25) is 5.91 Å². The SMILES string of the molecule is CC1CCC(N)CC1C(=O)NC1CCC(O)CC1. The number of nitrogens with one attached hydrogen (secondary N) is 1. The van der Waals surface area contributed by atoms with Crippen LogP contribution in [-0.4, -0.2) is 29.2 Å². The molecular formula is C14H26N2O2. The molecule has 2 aliphatic rings. The lowest BCUT2D eigenvalue weighted by Gasteiger charge is -2.34. The average Bonchev–Trinajstić information content (AvgIpc) is 2.35. The van der Waals surface area contributed by atoms with Crippen LogP contribution < -0.4 is 11.1 Å². The summed E-state index contributed by atoms with van der Waals surface area (Å²) in [6.07, 6.45) is 6.18. The maximum Gasteiger partial charge on any atom is 0.223 e. The molecule has 0 bridgehead atoms. The van der Waals surface area contributed by atoms with Crippen molar-refractivity contribution in [2.75, 3.05) is 0 Å². The highest BCUT2D eigenvalue weighted by Gasteiger charge is 2.32. The van der Waals surface area contributed by atoms with Crippen LogP contribution >= 0.6 is 0 Å². The minimum atomic E-state index is -0.167. The monoisotopic (exact) mass is 254 g/mol. The maximum absolute atomic E-state index is 12.3. The van der Waals surface area contributed by atoms with Crippen molar-refractivity contribution in [3.63, 3.8) is 0 Å². The number of amides is 1. The van der Waals surface area contributed by atoms with E-state index >= 15 is 0 Å². The zero-order valence-corrected chi connectivity index (χ0v) is 11.3. The predicted octanol–water partition coefficient (Wildman–Crippen LogP) is 1.17. The van der Waals surface area contributed by atoms with Crippen LogP contribution in [0.3, 0.4) is 0 Å². The van der Waals surface area contributed by atoms with Gasteiger partial charge < -0.3 is 16.2 Å². The van der Waals surface area contributed by atoms with Crippen LogP contribution in [-0.2, 0) is 4.79 Å². The van der Waals surface area contributed by atoms with Crippen molar-refractivity contribution in [3.8, 4) is 0 Å². The highest BCUT2D eigenvalue weighted by Crippen LogP contribution is 2.29. The summed E-state index contributed by atoms with van der Waals surface area (Å²) in [4.78, 5) is 12.3. The second kappa shape index (κ2) is 6.02. The van der Waals surface area contributed by atoms with E-state index in [-0.39, 0.29) is 30.0 Å². The lowest BCUT2D eigenvalue weighted by molar-refractivity contribution is -0.128. The summed E-state index contributed by atoms with van der Waals surface area (Å²) in [6, 6.07) is 0.441. The molecule has 0 spiro atoms. The fourth-order valence-electron chi connectivity index (χ4n) is 3.25. The molecule has 4 N–H and O–H groups in total. The molecule has 3 atom stereocenters. The molecule has 2 rings (SSSR count). The van der Waals surface area contributed by atoms with E-state index in [0.29, 0.717) is 5.92 Å². The van der Waals surface area contributed by atoms with E-state index in [1.807, 2.05) is 0 Å². The Kier molecular flexibility index (Phi) is 4.62. The van der Waals surface area contributed by atoms with Crippen LogP contribution in [0.5, 0.6) is 0 Å². The fraction of sp³-hybridized carbons (Fsp3) is 0.929. The van der Waals surface area contributed by atoms with E-state index < -0.39 is 0 Å². The number of hydrogen-bond acceptors (Lipinski definition) is 3. The van der Waals surface area contributed by atoms with Gasteiger partial charge in [0.1, 0.15) is 0 Å². The summed E-state index contributed by atoms with van der Waals surface area (Å²) in [5.41, 5.74) is 5.96. The Morgan fingerprint density at radius 1 is 1.17 bits per heavy atom. The number of hydrogen-bond donors (Lipinski definition) is 3. The highest BCUT2D eigenvalue weighted by molar-refractivity contribution is 5.79. The van der Waals surface area contributed by atoms with Gasteiger partial charge in [-0.2, -0.15) is 0 Å². The lowest BCUT2D eigenvalue weighted by atomic mass is 9.77. The van der Waals surface area contributed by atoms with Gasteiger partial charge in [-0.1, -0.05) is 6.92 Å². The zero-order valence-electron chi connectivity index (χ0n) is 11.3. The Hall–Kier alpha value is -0.610. The molecule has 0 aromatic rings. The van der Waals surface area contributed by atoms with Crippen LogP contribution in [0.25, 0.3) is 0 Å². The normalized spacial score (nSPS) is 41.4. The molecule has 4 heteroatoms. The van der Waals surface area contributed by atoms with Crippen molar-refractivity contribution in [2.45, 2.75) is 70.1 Å². The van der Waals surface area contributed by atoms with Crippen molar-refractivity contribution in [1.82, 2.24) is 5.32 Å². The van der Waals surface area contributed by atoms with Crippen LogP contribution in [0.1, 0.15) is 51.9 Å². The number of carbonyl (C=O) groups excluding carboxylic acids is 1. The summed E-state index contributed by atoms with van der Waals surface area (Å²) in [6.45, 7) is 2.15. The molecule has 4 nitrogen and oxygen atoms in total. The van der Waals surface area contributed by atoms with Gasteiger partial charge in [-0.25, -0.2) is 0 Å². The summed E-state index contributed by atoms with van der Waals surface area (Å²) < 4.78 is 0. The number of nitrogens with two attached hydrogens (primary N) is 1. The molecule has 0 heterocycles. The van der Waals surface area contributed by atoms with E-state index in [4.69, 9.17) is 5.73 Å². The van der Waals surface area contributed by atoms with Gasteiger partial charge in [-0.3, -0.25) is 4.79 Å². The molecule has 2 fully saturated rings. The van der Waals surface area contributed by atoms with E-state index in [0.717, 1.165) is 44.9 Å². The Bertz CT molecular complexity index is 288. The zero-order chi connectivity index (χ0) is 13.1. The minimum absolute atomic E-state index is 0.0839. The van der Waals surface area contributed by atoms with Gasteiger partial charge in [0.25, 0.3) is 0 Å². The quantitative estimate of drug-likeness (QED) is 0.692. The Morgan fingerprint density at radius 2 is 1.83 bits per heavy atom. The first-order valence-corrected chi connectivity index (χ1v) is 7.30. The molecule has 0 aromatic carbocycles. The number of carbonyl (C=O) groups is 1. The number of aliphatic hydroxyl groups excluding tert-OH is 1. The predicted molar refractivity (Wildman–Crippen MR) is 70.9 cm³/mol. The molecule has 104 valence electrons. The summed E-state index contributed by atoms with van der Waals surface area (Å²) in [5, 5.41) is 12.6. The summed E-state index contributed by atoms with van der Waals surface area (Å²) in [7, 11) is 0. The highest BCUT2D eigenvalue weighted by atomic mass is 16.3. The molecule has 1 amide bonds. The van der Waals surface area contributed by atoms with Crippen molar-refractivity contribution in [2.24, 2.45) is 17.6 Å². The molecule has 0 aliphatic heterocycles. The fourth-order valence-corrected chi connectivity index (χ4v) is 3.25. The molecule has 0 radical (unpaired) electrons. The smallest absolute Gasteiger partial charge is 0.223 e. The van der Waals surface area contributed by atoms with Crippen molar-refractivity contribution >= 4 is 5.91 Å². The van der Waals surface area contributed by atoms with Crippen LogP contribution in [0.15, 0.2) is 0 Å². The van der Waals surface area contributed by atoms with Gasteiger partial charge in [0.05, 0.1) is 6.10 Å². The maximum atomic E-state index is 12.3. The van der Waals surface area contributed by atoms with E-state index in [9.17, 15) is 9.90 Å². The first kappa shape index (κ1) is 13.8. The lowest BCUT2D eigenvalue weighted by Crippen LogP contribution is -2.46. The number of rotatable bonds is 2. The van der Waals surface area contributed by atoms with Crippen molar-refractivity contribution in [1.29, 1.82) is 0 Å². The van der Waals surface area contributed by atoms with E-state index in [2.05, 4.69) is 12.2 Å². The first-order valence-electron chi connectivity index (χ1n) is 7.30. The Labute approximate surface area is 109 Å². The second-order valence-corrected chi connectivity index (χ2v) is 6.17. The molecule has 3 unspecified atom stereocenters. The molecule has 0 saturated heterocycles. The van der Waals surface area contributed by atoms with Crippen LogP contribution in [0.4, 0.5) is 0 Å². The first-order chi connectivity index (χ1) is 8.56.